The van der Waals surface area contributed by atoms with Gasteiger partial charge in [-0.25, -0.2) is 9.48 Å². The maximum atomic E-state index is 14.2. The molecule has 13 heteroatoms. The van der Waals surface area contributed by atoms with Gasteiger partial charge in [0, 0.05) is 11.6 Å². The Labute approximate surface area is 243 Å². The van der Waals surface area contributed by atoms with Crippen LogP contribution in [0.3, 0.4) is 0 Å². The summed E-state index contributed by atoms with van der Waals surface area (Å²) in [6.45, 7) is 1.68. The molecule has 230 valence electrons. The summed E-state index contributed by atoms with van der Waals surface area (Å²) in [4.78, 5) is 12.3. The minimum Gasteiger partial charge on any atom is -0.486 e. The monoisotopic (exact) mass is 608 g/mol. The van der Waals surface area contributed by atoms with Crippen LogP contribution in [-0.2, 0) is 22.1 Å². The zero-order chi connectivity index (χ0) is 30.6. The molecule has 2 aliphatic carbocycles. The minimum atomic E-state index is -4.73. The van der Waals surface area contributed by atoms with Crippen LogP contribution in [0.4, 0.5) is 22.0 Å². The zero-order valence-electron chi connectivity index (χ0n) is 23.1. The van der Waals surface area contributed by atoms with Crippen LogP contribution in [0.25, 0.3) is 5.69 Å². The van der Waals surface area contributed by atoms with Crippen LogP contribution >= 0.6 is 0 Å². The Morgan fingerprint density at radius 1 is 1.07 bits per heavy atom. The van der Waals surface area contributed by atoms with Crippen LogP contribution in [0.15, 0.2) is 42.5 Å². The zero-order valence-corrected chi connectivity index (χ0v) is 23.1. The molecule has 3 aromatic rings. The Morgan fingerprint density at radius 2 is 1.81 bits per heavy atom. The van der Waals surface area contributed by atoms with E-state index in [2.05, 4.69) is 14.6 Å². The Bertz CT molecular complexity index is 1530. The second-order valence-electron chi connectivity index (χ2n) is 11.1. The number of carboxylic acid groups (broad SMARTS) is 1. The van der Waals surface area contributed by atoms with Gasteiger partial charge in [0.2, 0.25) is 0 Å². The van der Waals surface area contributed by atoms with Crippen LogP contribution in [-0.4, -0.2) is 32.8 Å². The van der Waals surface area contributed by atoms with E-state index in [-0.39, 0.29) is 53.5 Å². The highest BCUT2D eigenvalue weighted by Crippen LogP contribution is 2.46. The number of rotatable bonds is 7. The van der Waals surface area contributed by atoms with Crippen molar-refractivity contribution in [3.05, 3.63) is 65.0 Å². The van der Waals surface area contributed by atoms with Gasteiger partial charge in [0.1, 0.15) is 18.0 Å². The predicted octanol–water partition coefficient (Wildman–Crippen LogP) is 7.53. The summed E-state index contributed by atoms with van der Waals surface area (Å²) in [7, 11) is 0. The van der Waals surface area contributed by atoms with E-state index in [1.54, 1.807) is 31.2 Å². The maximum absolute atomic E-state index is 14.2. The van der Waals surface area contributed by atoms with Crippen molar-refractivity contribution < 1.29 is 50.8 Å². The molecule has 0 amide bonds. The summed E-state index contributed by atoms with van der Waals surface area (Å²) >= 11 is 0. The Morgan fingerprint density at radius 3 is 2.53 bits per heavy atom. The standard InChI is InChI=1S/C30H29F5N2O6/c1-17(18-11-12-22-24(15-18)43-30(34,35)42-22)40-20-8-5-7-19(16-20)37-25-21(26(36-37)29(31,32)33)9-6-10-23(25)41-28(27(38)39)13-3-2-4-14-28/h5,7-8,11-12,15-17,23H,2-4,6,9-10,13-14H2,1H3,(H,38,39)/t17-,23?/m0/s1. The second-order valence-corrected chi connectivity index (χ2v) is 11.1. The summed E-state index contributed by atoms with van der Waals surface area (Å²) in [5.41, 5.74) is -1.55. The van der Waals surface area contributed by atoms with Crippen LogP contribution in [0.1, 0.15) is 86.6 Å². The molecule has 1 fully saturated rings. The van der Waals surface area contributed by atoms with Crippen molar-refractivity contribution in [1.82, 2.24) is 9.78 Å². The molecule has 1 aromatic heterocycles. The summed E-state index contributed by atoms with van der Waals surface area (Å²) < 4.78 is 91.8. The number of halogens is 5. The summed E-state index contributed by atoms with van der Waals surface area (Å²) in [5.74, 6) is -1.08. The fourth-order valence-corrected chi connectivity index (χ4v) is 6.14. The molecule has 2 aromatic carbocycles. The molecule has 1 N–H and O–H groups in total. The third kappa shape index (κ3) is 5.62. The number of ether oxygens (including phenoxy) is 4. The lowest BCUT2D eigenvalue weighted by Crippen LogP contribution is -2.45. The highest BCUT2D eigenvalue weighted by atomic mass is 19.4. The number of nitrogens with zero attached hydrogens (tertiary/aromatic N) is 2. The number of carboxylic acids is 1. The first kappa shape index (κ1) is 29.2. The van der Waals surface area contributed by atoms with Crippen molar-refractivity contribution in [2.24, 2.45) is 0 Å². The van der Waals surface area contributed by atoms with Gasteiger partial charge in [-0.1, -0.05) is 18.6 Å². The number of hydrogen-bond acceptors (Lipinski definition) is 6. The molecule has 0 saturated heterocycles. The fraction of sp³-hybridized carbons (Fsp3) is 0.467. The average molecular weight is 609 g/mol. The van der Waals surface area contributed by atoms with Gasteiger partial charge in [0.05, 0.1) is 11.4 Å². The molecular formula is C30H29F5N2O6. The van der Waals surface area contributed by atoms with Crippen molar-refractivity contribution in [3.63, 3.8) is 0 Å². The smallest absolute Gasteiger partial charge is 0.486 e. The van der Waals surface area contributed by atoms with E-state index in [4.69, 9.17) is 9.47 Å². The lowest BCUT2D eigenvalue weighted by molar-refractivity contribution is -0.286. The first-order valence-electron chi connectivity index (χ1n) is 14.1. The van der Waals surface area contributed by atoms with Crippen molar-refractivity contribution in [2.45, 2.75) is 88.6 Å². The van der Waals surface area contributed by atoms with Crippen molar-refractivity contribution in [2.75, 3.05) is 0 Å². The predicted molar refractivity (Wildman–Crippen MR) is 140 cm³/mol. The van der Waals surface area contributed by atoms with Crippen molar-refractivity contribution in [3.8, 4) is 22.9 Å². The van der Waals surface area contributed by atoms with Gasteiger partial charge < -0.3 is 24.1 Å². The van der Waals surface area contributed by atoms with E-state index in [1.165, 1.54) is 22.9 Å². The Balaban J connectivity index is 1.33. The summed E-state index contributed by atoms with van der Waals surface area (Å²) in [6.07, 6.45) is -6.44. The molecule has 8 nitrogen and oxygen atoms in total. The molecule has 2 heterocycles. The van der Waals surface area contributed by atoms with Gasteiger partial charge in [-0.3, -0.25) is 0 Å². The molecule has 0 bridgehead atoms. The quantitative estimate of drug-likeness (QED) is 0.277. The number of alkyl halides is 5. The SMILES string of the molecule is C[C@H](Oc1cccc(-n2nc(C(F)(F)F)c3c2C(OC2(C(=O)O)CCCCC2)CCC3)c1)c1ccc2c(c1)OC(F)(F)O2. The summed E-state index contributed by atoms with van der Waals surface area (Å²) in [6, 6.07) is 10.6. The molecule has 3 aliphatic rings. The van der Waals surface area contributed by atoms with E-state index >= 15 is 0 Å². The van der Waals surface area contributed by atoms with E-state index in [9.17, 15) is 31.9 Å². The van der Waals surface area contributed by atoms with E-state index in [0.717, 1.165) is 6.42 Å². The molecule has 1 aliphatic heterocycles. The third-order valence-corrected chi connectivity index (χ3v) is 8.18. The van der Waals surface area contributed by atoms with Crippen LogP contribution in [0.2, 0.25) is 0 Å². The number of fused-ring (bicyclic) bond motifs is 2. The molecule has 2 atom stereocenters. The number of carbonyl (C=O) groups is 1. The minimum absolute atomic E-state index is 0.00282. The van der Waals surface area contributed by atoms with Gasteiger partial charge in [-0.15, -0.1) is 8.78 Å². The fourth-order valence-electron chi connectivity index (χ4n) is 6.14. The highest BCUT2D eigenvalue weighted by Gasteiger charge is 2.47. The molecule has 6 rings (SSSR count). The van der Waals surface area contributed by atoms with Crippen molar-refractivity contribution in [1.29, 1.82) is 0 Å². The van der Waals surface area contributed by atoms with Gasteiger partial charge >= 0.3 is 18.4 Å². The first-order valence-corrected chi connectivity index (χ1v) is 14.1. The Hall–Kier alpha value is -3.87. The lowest BCUT2D eigenvalue weighted by Gasteiger charge is -2.38. The van der Waals surface area contributed by atoms with E-state index in [0.29, 0.717) is 31.2 Å². The third-order valence-electron chi connectivity index (χ3n) is 8.18. The number of hydrogen-bond donors (Lipinski definition) is 1. The molecule has 1 saturated carbocycles. The molecular weight excluding hydrogens is 579 g/mol. The molecule has 43 heavy (non-hydrogen) atoms. The number of benzene rings is 2. The van der Waals surface area contributed by atoms with Gasteiger partial charge in [-0.05, 0) is 81.7 Å². The lowest BCUT2D eigenvalue weighted by atomic mass is 9.83. The number of aliphatic carboxylic acids is 1. The van der Waals surface area contributed by atoms with Crippen molar-refractivity contribution >= 4 is 5.97 Å². The highest BCUT2D eigenvalue weighted by molar-refractivity contribution is 5.77. The Kier molecular flexibility index (Phi) is 7.26. The molecule has 1 unspecified atom stereocenters. The van der Waals surface area contributed by atoms with Crippen LogP contribution in [0.5, 0.6) is 17.2 Å². The topological polar surface area (TPSA) is 92.0 Å². The average Bonchev–Trinajstić information content (AvgIpc) is 3.50. The largest absolute Gasteiger partial charge is 0.586 e. The molecule has 0 spiro atoms. The van der Waals surface area contributed by atoms with Crippen LogP contribution < -0.4 is 14.2 Å². The van der Waals surface area contributed by atoms with Gasteiger partial charge in [0.25, 0.3) is 0 Å². The van der Waals surface area contributed by atoms with E-state index < -0.39 is 41.9 Å². The van der Waals surface area contributed by atoms with Crippen LogP contribution in [0, 0.1) is 0 Å². The molecule has 0 radical (unpaired) electrons. The first-order chi connectivity index (χ1) is 20.4. The normalized spacial score (nSPS) is 21.2. The van der Waals surface area contributed by atoms with Gasteiger partial charge in [0.15, 0.2) is 22.8 Å². The maximum Gasteiger partial charge on any atom is 0.586 e. The van der Waals surface area contributed by atoms with Gasteiger partial charge in [-0.2, -0.15) is 18.3 Å². The van der Waals surface area contributed by atoms with E-state index in [1.807, 2.05) is 0 Å². The summed E-state index contributed by atoms with van der Waals surface area (Å²) in [5, 5.41) is 14.1. The number of aromatic nitrogens is 2. The second kappa shape index (κ2) is 10.7.